The van der Waals surface area contributed by atoms with Crippen molar-refractivity contribution in [2.45, 2.75) is 50.7 Å². The highest BCUT2D eigenvalue weighted by molar-refractivity contribution is 5.84. The summed E-state index contributed by atoms with van der Waals surface area (Å²) in [6, 6.07) is 6.57. The van der Waals surface area contributed by atoms with Crippen molar-refractivity contribution in [2.24, 2.45) is 5.73 Å². The van der Waals surface area contributed by atoms with Gasteiger partial charge in [0.15, 0.2) is 11.3 Å². The van der Waals surface area contributed by atoms with E-state index < -0.39 is 31.9 Å². The second-order valence-corrected chi connectivity index (χ2v) is 9.72. The number of halogens is 6. The lowest BCUT2D eigenvalue weighted by Crippen LogP contribution is -2.43. The van der Waals surface area contributed by atoms with Crippen LogP contribution in [0.5, 0.6) is 0 Å². The molecule has 0 unspecified atom stereocenters. The molecule has 1 fully saturated rings. The third-order valence-corrected chi connectivity index (χ3v) is 6.53. The molecule has 41 heavy (non-hydrogen) atoms. The number of pyridine rings is 2. The zero-order valence-corrected chi connectivity index (χ0v) is 21.4. The lowest BCUT2D eigenvalue weighted by Gasteiger charge is -2.34. The molecule has 0 amide bonds. The molecule has 16 heteroatoms. The van der Waals surface area contributed by atoms with Gasteiger partial charge in [-0.3, -0.25) is 4.68 Å². The van der Waals surface area contributed by atoms with Gasteiger partial charge in [-0.15, -0.1) is 0 Å². The smallest absolute Gasteiger partial charge is 0.369 e. The molecule has 0 spiro atoms. The van der Waals surface area contributed by atoms with Gasteiger partial charge in [0.25, 0.3) is 0 Å². The minimum absolute atomic E-state index is 0.0431. The van der Waals surface area contributed by atoms with E-state index in [-0.39, 0.29) is 23.2 Å². The SMILES string of the molecule is N#Cc1nn(CCC(F)(F)F)c2nc(Nc3cc(N4CCC[C@H](N)C4)c(-c4cnn(CC(F)(F)F)c4)cn3)ccc12. The predicted molar refractivity (Wildman–Crippen MR) is 137 cm³/mol. The summed E-state index contributed by atoms with van der Waals surface area (Å²) in [6.07, 6.45) is -4.18. The number of nitrogens with two attached hydrogens (primary N) is 1. The Hall–Kier alpha value is -4.39. The number of nitriles is 1. The Morgan fingerprint density at radius 3 is 2.61 bits per heavy atom. The van der Waals surface area contributed by atoms with Crippen LogP contribution in [-0.4, -0.2) is 61.0 Å². The molecule has 5 heterocycles. The lowest BCUT2D eigenvalue weighted by molar-refractivity contribution is -0.142. The molecule has 4 aromatic heterocycles. The van der Waals surface area contributed by atoms with Crippen LogP contribution in [-0.2, 0) is 13.1 Å². The second kappa shape index (κ2) is 10.9. The molecule has 216 valence electrons. The van der Waals surface area contributed by atoms with E-state index in [1.807, 2.05) is 11.0 Å². The zero-order valence-electron chi connectivity index (χ0n) is 21.4. The highest BCUT2D eigenvalue weighted by atomic mass is 19.4. The highest BCUT2D eigenvalue weighted by Crippen LogP contribution is 2.35. The maximum Gasteiger partial charge on any atom is 0.408 e. The fourth-order valence-electron chi connectivity index (χ4n) is 4.72. The van der Waals surface area contributed by atoms with Gasteiger partial charge in [-0.2, -0.15) is 41.8 Å². The van der Waals surface area contributed by atoms with E-state index in [0.29, 0.717) is 41.1 Å². The summed E-state index contributed by atoms with van der Waals surface area (Å²) >= 11 is 0. The normalized spacial score (nSPS) is 16.2. The Labute approximate surface area is 229 Å². The first-order valence-corrected chi connectivity index (χ1v) is 12.6. The van der Waals surface area contributed by atoms with Gasteiger partial charge in [-0.1, -0.05) is 0 Å². The third-order valence-electron chi connectivity index (χ3n) is 6.53. The molecule has 0 aliphatic carbocycles. The third kappa shape index (κ3) is 6.68. The minimum Gasteiger partial charge on any atom is -0.369 e. The van der Waals surface area contributed by atoms with Gasteiger partial charge in [0.2, 0.25) is 0 Å². The van der Waals surface area contributed by atoms with E-state index >= 15 is 0 Å². The molecule has 1 aliphatic rings. The molecule has 4 aromatic rings. The van der Waals surface area contributed by atoms with E-state index in [9.17, 15) is 31.6 Å². The van der Waals surface area contributed by atoms with Gasteiger partial charge in [-0.25, -0.2) is 14.6 Å². The first-order chi connectivity index (χ1) is 19.4. The van der Waals surface area contributed by atoms with Crippen molar-refractivity contribution in [3.63, 3.8) is 0 Å². The molecule has 1 atom stereocenters. The Morgan fingerprint density at radius 1 is 1.10 bits per heavy atom. The van der Waals surface area contributed by atoms with Crippen LogP contribution in [0.25, 0.3) is 22.2 Å². The van der Waals surface area contributed by atoms with E-state index in [4.69, 9.17) is 5.73 Å². The number of alkyl halides is 6. The average molecular weight is 579 g/mol. The molecule has 1 saturated heterocycles. The number of anilines is 3. The van der Waals surface area contributed by atoms with Crippen molar-refractivity contribution < 1.29 is 26.3 Å². The predicted octanol–water partition coefficient (Wildman–Crippen LogP) is 4.75. The van der Waals surface area contributed by atoms with Crippen molar-refractivity contribution in [3.8, 4) is 17.2 Å². The van der Waals surface area contributed by atoms with Gasteiger partial charge in [0, 0.05) is 54.4 Å². The molecule has 10 nitrogen and oxygen atoms in total. The number of fused-ring (bicyclic) bond motifs is 1. The quantitative estimate of drug-likeness (QED) is 0.301. The van der Waals surface area contributed by atoms with Gasteiger partial charge >= 0.3 is 12.4 Å². The largest absolute Gasteiger partial charge is 0.408 e. The summed E-state index contributed by atoms with van der Waals surface area (Å²) < 4.78 is 79.0. The van der Waals surface area contributed by atoms with Crippen molar-refractivity contribution in [1.82, 2.24) is 29.5 Å². The number of aromatic nitrogens is 6. The number of aryl methyl sites for hydroxylation is 1. The first-order valence-electron chi connectivity index (χ1n) is 12.6. The zero-order chi connectivity index (χ0) is 29.4. The molecular formula is C25H24F6N10. The minimum atomic E-state index is -4.43. The van der Waals surface area contributed by atoms with Crippen molar-refractivity contribution >= 4 is 28.4 Å². The number of piperidine rings is 1. The summed E-state index contributed by atoms with van der Waals surface area (Å²) in [5.41, 5.74) is 7.93. The molecular weight excluding hydrogens is 554 g/mol. The maximum atomic E-state index is 12.9. The monoisotopic (exact) mass is 578 g/mol. The van der Waals surface area contributed by atoms with Crippen LogP contribution in [0.4, 0.5) is 43.7 Å². The molecule has 3 N–H and O–H groups in total. The fraction of sp³-hybridized carbons (Fsp3) is 0.400. The summed E-state index contributed by atoms with van der Waals surface area (Å²) in [6.45, 7) is -0.551. The Bertz CT molecular complexity index is 1580. The Kier molecular flexibility index (Phi) is 7.47. The number of hydrogen-bond acceptors (Lipinski definition) is 8. The van der Waals surface area contributed by atoms with Crippen molar-refractivity contribution in [3.05, 3.63) is 42.5 Å². The van der Waals surface area contributed by atoms with Crippen molar-refractivity contribution in [1.29, 1.82) is 5.26 Å². The van der Waals surface area contributed by atoms with Crippen LogP contribution >= 0.6 is 0 Å². The summed E-state index contributed by atoms with van der Waals surface area (Å²) in [7, 11) is 0. The summed E-state index contributed by atoms with van der Waals surface area (Å²) in [5, 5.41) is 20.5. The molecule has 0 bridgehead atoms. The van der Waals surface area contributed by atoms with Gasteiger partial charge in [0.05, 0.1) is 24.5 Å². The Morgan fingerprint density at radius 2 is 1.90 bits per heavy atom. The average Bonchev–Trinajstić information content (AvgIpc) is 3.50. The molecule has 5 rings (SSSR count). The van der Waals surface area contributed by atoms with Gasteiger partial charge < -0.3 is 16.0 Å². The van der Waals surface area contributed by atoms with Crippen LogP contribution in [0, 0.1) is 11.3 Å². The molecule has 0 radical (unpaired) electrons. The van der Waals surface area contributed by atoms with E-state index in [1.54, 1.807) is 12.1 Å². The van der Waals surface area contributed by atoms with Crippen LogP contribution in [0.3, 0.4) is 0 Å². The maximum absolute atomic E-state index is 12.9. The molecule has 0 saturated carbocycles. The number of nitrogens with one attached hydrogen (secondary N) is 1. The van der Waals surface area contributed by atoms with E-state index in [0.717, 1.165) is 22.2 Å². The number of rotatable bonds is 7. The van der Waals surface area contributed by atoms with E-state index in [2.05, 4.69) is 25.5 Å². The van der Waals surface area contributed by atoms with Crippen LogP contribution in [0.1, 0.15) is 25.0 Å². The van der Waals surface area contributed by atoms with Crippen LogP contribution in [0.2, 0.25) is 0 Å². The molecule has 1 aliphatic heterocycles. The second-order valence-electron chi connectivity index (χ2n) is 9.72. The standard InChI is InChI=1S/C25H24F6N10/c26-24(27,28)5-7-41-23-17(19(9-32)38-41)3-4-21(37-23)36-22-8-20(39-6-1-2-16(33)13-39)18(11-34-22)15-10-35-40(12-15)14-25(29,30)31/h3-4,8,10-12,16H,1-2,5-7,13-14,33H2,(H,34,36,37)/t16-/m0/s1. The lowest BCUT2D eigenvalue weighted by atomic mass is 10.0. The van der Waals surface area contributed by atoms with E-state index in [1.165, 1.54) is 24.7 Å². The van der Waals surface area contributed by atoms with Crippen LogP contribution in [0.15, 0.2) is 36.8 Å². The number of nitrogens with zero attached hydrogens (tertiary/aromatic N) is 8. The fourth-order valence-corrected chi connectivity index (χ4v) is 4.72. The topological polar surface area (TPSA) is 126 Å². The summed E-state index contributed by atoms with van der Waals surface area (Å²) in [5.74, 6) is 0.578. The first kappa shape index (κ1) is 28.1. The van der Waals surface area contributed by atoms with Crippen molar-refractivity contribution in [2.75, 3.05) is 23.3 Å². The molecule has 0 aromatic carbocycles. The Balaban J connectivity index is 1.48. The van der Waals surface area contributed by atoms with Crippen LogP contribution < -0.4 is 16.0 Å². The summed E-state index contributed by atoms with van der Waals surface area (Å²) in [4.78, 5) is 10.8. The highest BCUT2D eigenvalue weighted by Gasteiger charge is 2.29. The van der Waals surface area contributed by atoms with Gasteiger partial charge in [0.1, 0.15) is 24.2 Å². The number of hydrogen-bond donors (Lipinski definition) is 2. The van der Waals surface area contributed by atoms with Gasteiger partial charge in [-0.05, 0) is 25.0 Å².